The van der Waals surface area contributed by atoms with E-state index in [0.717, 1.165) is 6.26 Å². The molecule has 3 rings (SSSR count). The van der Waals surface area contributed by atoms with Gasteiger partial charge in [-0.05, 0) is 72.2 Å². The van der Waals surface area contributed by atoms with Crippen molar-refractivity contribution in [1.82, 2.24) is 9.29 Å². The molecular formula is C30H37ClN2O6SSi. The van der Waals surface area contributed by atoms with Crippen molar-refractivity contribution < 1.29 is 27.2 Å². The summed E-state index contributed by atoms with van der Waals surface area (Å²) in [7, 11) is -5.57. The van der Waals surface area contributed by atoms with Gasteiger partial charge in [0, 0.05) is 28.9 Å². The van der Waals surface area contributed by atoms with Crippen LogP contribution in [0.15, 0.2) is 66.9 Å². The van der Waals surface area contributed by atoms with Crippen molar-refractivity contribution >= 4 is 47.7 Å². The molecule has 0 atom stereocenters. The number of carbonyl (C=O) groups excluding carboxylic acids is 2. The van der Waals surface area contributed by atoms with Gasteiger partial charge in [-0.3, -0.25) is 9.59 Å². The van der Waals surface area contributed by atoms with E-state index in [4.69, 9.17) is 20.8 Å². The molecule has 0 spiro atoms. The van der Waals surface area contributed by atoms with E-state index in [-0.39, 0.29) is 16.4 Å². The Hall–Kier alpha value is -3.18. The number of rotatable bonds is 12. The molecule has 0 unspecified atom stereocenters. The summed E-state index contributed by atoms with van der Waals surface area (Å²) in [6.45, 7) is 12.3. The van der Waals surface area contributed by atoms with Gasteiger partial charge in [-0.25, -0.2) is 13.1 Å². The number of carbonyl (C=O) groups is 2. The molecule has 1 heterocycles. The molecule has 0 aliphatic rings. The van der Waals surface area contributed by atoms with Crippen LogP contribution in [0.1, 0.15) is 52.7 Å². The monoisotopic (exact) mass is 616 g/mol. The first-order valence-corrected chi connectivity index (χ1v) is 18.3. The lowest BCUT2D eigenvalue weighted by atomic mass is 10.1. The maximum absolute atomic E-state index is 13.2. The second kappa shape index (κ2) is 13.2. The Morgan fingerprint density at radius 2 is 1.73 bits per heavy atom. The number of hydrogen-bond acceptors (Lipinski definition) is 6. The second-order valence-electron chi connectivity index (χ2n) is 11.2. The molecule has 0 saturated carbocycles. The molecule has 3 aromatic rings. The van der Waals surface area contributed by atoms with E-state index in [9.17, 15) is 18.0 Å². The molecule has 41 heavy (non-hydrogen) atoms. The number of nitrogens with one attached hydrogen (secondary N) is 1. The van der Waals surface area contributed by atoms with Crippen LogP contribution in [0.3, 0.4) is 0 Å². The molecule has 0 bridgehead atoms. The molecule has 220 valence electrons. The fourth-order valence-corrected chi connectivity index (χ4v) is 5.34. The van der Waals surface area contributed by atoms with Crippen LogP contribution in [-0.4, -0.2) is 52.5 Å². The van der Waals surface area contributed by atoms with Crippen molar-refractivity contribution in [3.8, 4) is 5.75 Å². The van der Waals surface area contributed by atoms with Gasteiger partial charge in [-0.2, -0.15) is 0 Å². The van der Waals surface area contributed by atoms with E-state index in [2.05, 4.69) is 33.9 Å². The van der Waals surface area contributed by atoms with E-state index in [0.29, 0.717) is 47.4 Å². The van der Waals surface area contributed by atoms with Gasteiger partial charge in [0.15, 0.2) is 8.32 Å². The first kappa shape index (κ1) is 32.3. The summed E-state index contributed by atoms with van der Waals surface area (Å²) in [4.78, 5) is 25.7. The van der Waals surface area contributed by atoms with Crippen LogP contribution in [0.5, 0.6) is 5.75 Å². The minimum Gasteiger partial charge on any atom is -0.491 e. The van der Waals surface area contributed by atoms with Crippen molar-refractivity contribution in [1.29, 1.82) is 0 Å². The lowest BCUT2D eigenvalue weighted by molar-refractivity contribution is 0.0980. The molecule has 1 aromatic heterocycles. The molecule has 1 amide bonds. The normalized spacial score (nSPS) is 12.5. The highest BCUT2D eigenvalue weighted by atomic mass is 35.5. The van der Waals surface area contributed by atoms with Crippen LogP contribution in [0.25, 0.3) is 6.08 Å². The average Bonchev–Trinajstić information content (AvgIpc) is 3.34. The zero-order valence-electron chi connectivity index (χ0n) is 24.2. The van der Waals surface area contributed by atoms with Crippen LogP contribution < -0.4 is 9.46 Å². The van der Waals surface area contributed by atoms with Gasteiger partial charge in [-0.15, -0.1) is 0 Å². The maximum atomic E-state index is 13.2. The number of hydrogen-bond donors (Lipinski definition) is 1. The molecule has 0 radical (unpaired) electrons. The van der Waals surface area contributed by atoms with Gasteiger partial charge in [0.05, 0.1) is 18.6 Å². The van der Waals surface area contributed by atoms with E-state index in [1.54, 1.807) is 71.4 Å². The average molecular weight is 617 g/mol. The Balaban J connectivity index is 1.64. The molecule has 2 aromatic carbocycles. The lowest BCUT2D eigenvalue weighted by Gasteiger charge is -2.36. The molecule has 11 heteroatoms. The predicted molar refractivity (Wildman–Crippen MR) is 166 cm³/mol. The van der Waals surface area contributed by atoms with Gasteiger partial charge >= 0.3 is 0 Å². The highest BCUT2D eigenvalue weighted by Gasteiger charge is 2.36. The number of ether oxygens (including phenoxy) is 1. The number of amides is 1. The van der Waals surface area contributed by atoms with Crippen LogP contribution in [0.2, 0.25) is 23.2 Å². The maximum Gasteiger partial charge on any atom is 0.265 e. The Kier molecular flexibility index (Phi) is 10.4. The summed E-state index contributed by atoms with van der Waals surface area (Å²) < 4.78 is 38.7. The third-order valence-corrected chi connectivity index (χ3v) is 12.3. The number of sulfonamides is 1. The van der Waals surface area contributed by atoms with Gasteiger partial charge < -0.3 is 13.7 Å². The van der Waals surface area contributed by atoms with E-state index in [1.165, 1.54) is 6.07 Å². The van der Waals surface area contributed by atoms with Crippen molar-refractivity contribution in [3.05, 3.63) is 94.3 Å². The first-order valence-electron chi connectivity index (χ1n) is 13.1. The quantitative estimate of drug-likeness (QED) is 0.148. The van der Waals surface area contributed by atoms with Crippen LogP contribution in [0.4, 0.5) is 0 Å². The lowest BCUT2D eigenvalue weighted by Crippen LogP contribution is -2.41. The Morgan fingerprint density at radius 1 is 1.05 bits per heavy atom. The van der Waals surface area contributed by atoms with E-state index >= 15 is 0 Å². The number of ketones is 1. The van der Waals surface area contributed by atoms with Crippen molar-refractivity contribution in [2.75, 3.05) is 19.5 Å². The van der Waals surface area contributed by atoms with Crippen molar-refractivity contribution in [2.45, 2.75) is 45.4 Å². The highest BCUT2D eigenvalue weighted by molar-refractivity contribution is 7.89. The Morgan fingerprint density at radius 3 is 2.37 bits per heavy atom. The van der Waals surface area contributed by atoms with Gasteiger partial charge in [0.2, 0.25) is 15.8 Å². The molecule has 0 fully saturated rings. The number of benzene rings is 2. The number of allylic oxidation sites excluding steroid dienone is 1. The smallest absolute Gasteiger partial charge is 0.265 e. The fourth-order valence-electron chi connectivity index (χ4n) is 3.69. The predicted octanol–water partition coefficient (Wildman–Crippen LogP) is 6.18. The zero-order valence-corrected chi connectivity index (χ0v) is 26.8. The SMILES string of the molecule is CC(C)(C)[Si](C)(C)OCCOc1ccc(C(=O)c2cccn2CC=Cc2ccc(Cl)cc2C(=O)NS(C)(=O)=O)cc1. The first-order chi connectivity index (χ1) is 19.1. The highest BCUT2D eigenvalue weighted by Crippen LogP contribution is 2.36. The minimum absolute atomic E-state index is 0.122. The second-order valence-corrected chi connectivity index (χ2v) is 18.2. The van der Waals surface area contributed by atoms with Crippen LogP contribution in [-0.2, 0) is 21.0 Å². The molecular weight excluding hydrogens is 580 g/mol. The summed E-state index contributed by atoms with van der Waals surface area (Å²) in [5.74, 6) is -0.254. The van der Waals surface area contributed by atoms with Gasteiger partial charge in [0.25, 0.3) is 5.91 Å². The fraction of sp³-hybridized carbons (Fsp3) is 0.333. The topological polar surface area (TPSA) is 104 Å². The molecule has 1 N–H and O–H groups in total. The third-order valence-electron chi connectivity index (χ3n) is 6.94. The molecule has 0 aliphatic heterocycles. The van der Waals surface area contributed by atoms with Crippen molar-refractivity contribution in [2.24, 2.45) is 0 Å². The summed E-state index contributed by atoms with van der Waals surface area (Å²) in [6.07, 6.45) is 6.15. The van der Waals surface area contributed by atoms with Gasteiger partial charge in [-0.1, -0.05) is 50.6 Å². The summed E-state index contributed by atoms with van der Waals surface area (Å²) >= 11 is 6.03. The summed E-state index contributed by atoms with van der Waals surface area (Å²) in [5, 5.41) is 0.438. The number of aromatic nitrogens is 1. The largest absolute Gasteiger partial charge is 0.491 e. The standard InChI is InChI=1S/C30H37ClN2O6SSi/c1-30(2,3)41(5,6)39-20-19-38-25-15-12-23(13-16-25)28(34)27-10-8-18-33(27)17-7-9-22-11-14-24(31)21-26(22)29(35)32-40(4,36)37/h7-16,18,21H,17,19-20H2,1-6H3,(H,32,35). The third kappa shape index (κ3) is 9.16. The molecule has 0 saturated heterocycles. The zero-order chi connectivity index (χ0) is 30.4. The van der Waals surface area contributed by atoms with E-state index in [1.807, 2.05) is 4.72 Å². The number of nitrogens with zero attached hydrogens (tertiary/aromatic N) is 1. The van der Waals surface area contributed by atoms with Crippen LogP contribution in [0, 0.1) is 0 Å². The van der Waals surface area contributed by atoms with E-state index < -0.39 is 24.2 Å². The summed E-state index contributed by atoms with van der Waals surface area (Å²) in [5.41, 5.74) is 1.63. The summed E-state index contributed by atoms with van der Waals surface area (Å²) in [6, 6.07) is 15.2. The molecule has 8 nitrogen and oxygen atoms in total. The van der Waals surface area contributed by atoms with Crippen molar-refractivity contribution in [3.63, 3.8) is 0 Å². The Labute approximate surface area is 248 Å². The Bertz CT molecular complexity index is 1520. The number of halogens is 1. The van der Waals surface area contributed by atoms with Crippen LogP contribution >= 0.6 is 11.6 Å². The van der Waals surface area contributed by atoms with Gasteiger partial charge in [0.1, 0.15) is 12.4 Å². The molecule has 0 aliphatic carbocycles. The minimum atomic E-state index is -3.74.